The first kappa shape index (κ1) is 8.82. The van der Waals surface area contributed by atoms with Crippen LogP contribution in [0.1, 0.15) is 0 Å². The number of hydrogen-bond donors (Lipinski definition) is 0. The summed E-state index contributed by atoms with van der Waals surface area (Å²) in [5, 5.41) is 1.25. The zero-order chi connectivity index (χ0) is 2.71. The van der Waals surface area contributed by atoms with Crippen molar-refractivity contribution in [2.24, 2.45) is 0 Å². The largest absolute Gasteiger partial charge is 0.0209 e. The van der Waals surface area contributed by atoms with Crippen LogP contribution in [0.3, 0.4) is 0 Å². The van der Waals surface area contributed by atoms with E-state index in [0.717, 1.165) is 0 Å². The predicted molar refractivity (Wildman–Crippen MR) is 3.30 cm³/mol. The van der Waals surface area contributed by atoms with E-state index in [4.69, 9.17) is 9.05 Å². The molecule has 0 unspecified atom stereocenters. The summed E-state index contributed by atoms with van der Waals surface area (Å²) in [5.74, 6) is 0. The van der Waals surface area contributed by atoms with Crippen molar-refractivity contribution < 1.29 is 33.7 Å². The van der Waals surface area contributed by atoms with Crippen molar-refractivity contribution in [2.75, 3.05) is 0 Å². The first-order valence-electron chi connectivity index (χ1n) is 0.309. The first-order valence-corrected chi connectivity index (χ1v) is 0.309. The van der Waals surface area contributed by atoms with E-state index in [1.54, 1.807) is 0 Å². The van der Waals surface area contributed by atoms with E-state index < -0.39 is 0 Å². The Hall–Kier alpha value is 0.443. The van der Waals surface area contributed by atoms with Gasteiger partial charge in [-0.3, -0.25) is 0 Å². The van der Waals surface area contributed by atoms with Crippen LogP contribution in [0.5, 0.6) is 0 Å². The van der Waals surface area contributed by atoms with Crippen molar-refractivity contribution in [3.8, 4) is 0 Å². The van der Waals surface area contributed by atoms with Crippen molar-refractivity contribution in [3.63, 3.8) is 0 Å². The number of rotatable bonds is 0. The molecule has 4 heteroatoms. The monoisotopic (exact) mass is 118 g/mol. The molecule has 0 spiro atoms. The molecule has 0 bridgehead atoms. The Morgan fingerprint density at radius 3 is 1.25 bits per heavy atom. The van der Waals surface area contributed by atoms with Crippen molar-refractivity contribution >= 4 is 0 Å². The van der Waals surface area contributed by atoms with Crippen LogP contribution < -0.4 is 0 Å². The van der Waals surface area contributed by atoms with Gasteiger partial charge in [-0.05, 0) is 9.05 Å². The number of halogens is 2. The van der Waals surface area contributed by atoms with Gasteiger partial charge in [0.05, 0.1) is 0 Å². The molecule has 0 aromatic heterocycles. The fourth-order valence-electron chi connectivity index (χ4n) is 0. The summed E-state index contributed by atoms with van der Waals surface area (Å²) in [6.45, 7) is 0. The van der Waals surface area contributed by atoms with Gasteiger partial charge in [0.15, 0.2) is 0 Å². The van der Waals surface area contributed by atoms with Crippen molar-refractivity contribution in [3.05, 3.63) is 0 Å². The van der Waals surface area contributed by atoms with Gasteiger partial charge in [-0.15, -0.1) is 0 Å². The third-order valence-electron chi connectivity index (χ3n) is 0. The smallest absolute Gasteiger partial charge is 0.0104 e. The van der Waals surface area contributed by atoms with E-state index in [-0.39, 0.29) is 19.5 Å². The van der Waals surface area contributed by atoms with Crippen LogP contribution >= 0.6 is 0 Å². The summed E-state index contributed by atoms with van der Waals surface area (Å²) in [6, 6.07) is 0. The fraction of sp³-hybridized carbons (Fsp3) is 0. The SMILES string of the molecule is FOF.[Zn]. The van der Waals surface area contributed by atoms with E-state index in [0.29, 0.717) is 0 Å². The summed E-state index contributed by atoms with van der Waals surface area (Å²) in [5.41, 5.74) is 0. The summed E-state index contributed by atoms with van der Waals surface area (Å²) < 4.78 is 18.2. The predicted octanol–water partition coefficient (Wildman–Crippen LogP) is 0.770. The summed E-state index contributed by atoms with van der Waals surface area (Å²) in [7, 11) is 0. The summed E-state index contributed by atoms with van der Waals surface area (Å²) in [4.78, 5) is 0. The van der Waals surface area contributed by atoms with Gasteiger partial charge in [0.1, 0.15) is 0 Å². The Morgan fingerprint density at radius 2 is 1.25 bits per heavy atom. The molecular formula is F2OZn. The van der Waals surface area contributed by atoms with Crippen LogP contribution in [0.2, 0.25) is 0 Å². The Bertz CT molecular complexity index is 6.00. The van der Waals surface area contributed by atoms with Crippen LogP contribution in [-0.4, -0.2) is 0 Å². The van der Waals surface area contributed by atoms with E-state index in [1.165, 1.54) is 5.15 Å². The van der Waals surface area contributed by atoms with Crippen molar-refractivity contribution in [1.29, 1.82) is 0 Å². The molecule has 0 aromatic carbocycles. The van der Waals surface area contributed by atoms with Gasteiger partial charge in [0.2, 0.25) is 0 Å². The van der Waals surface area contributed by atoms with Crippen LogP contribution in [0.15, 0.2) is 0 Å². The molecule has 0 aliphatic carbocycles. The molecule has 1 nitrogen and oxygen atoms in total. The van der Waals surface area contributed by atoms with Crippen molar-refractivity contribution in [2.45, 2.75) is 0 Å². The molecule has 0 rings (SSSR count). The maximum absolute atomic E-state index is 9.12. The van der Waals surface area contributed by atoms with Gasteiger partial charge in [-0.25, -0.2) is 0 Å². The molecule has 0 fully saturated rings. The molecule has 0 N–H and O–H groups in total. The standard InChI is InChI=1S/F2O.Zn/c1-3-2;. The van der Waals surface area contributed by atoms with Crippen LogP contribution in [0.4, 0.5) is 9.05 Å². The van der Waals surface area contributed by atoms with E-state index in [2.05, 4.69) is 0 Å². The molecule has 0 aromatic rings. The molecule has 0 saturated carbocycles. The van der Waals surface area contributed by atoms with Gasteiger partial charge >= 0.3 is 0 Å². The van der Waals surface area contributed by atoms with Crippen LogP contribution in [0, 0.1) is 0 Å². The second kappa shape index (κ2) is 9.87. The Kier molecular flexibility index (Phi) is 21.8. The van der Waals surface area contributed by atoms with Crippen molar-refractivity contribution in [1.82, 2.24) is 0 Å². The maximum atomic E-state index is 9.12. The maximum Gasteiger partial charge on any atom is 0.0209 e. The molecule has 22 valence electrons. The average molecular weight is 119 g/mol. The quantitative estimate of drug-likeness (QED) is 0.428. The Labute approximate surface area is 34.5 Å². The molecule has 0 saturated heterocycles. The fourth-order valence-corrected chi connectivity index (χ4v) is 0. The van der Waals surface area contributed by atoms with Crippen LogP contribution in [-0.2, 0) is 24.6 Å². The number of hydrogen-bond acceptors (Lipinski definition) is 1. The molecule has 0 atom stereocenters. The van der Waals surface area contributed by atoms with E-state index >= 15 is 0 Å². The second-order valence-corrected chi connectivity index (χ2v) is 0.0583. The van der Waals surface area contributed by atoms with Gasteiger partial charge in [-0.2, -0.15) is 0 Å². The minimum atomic E-state index is 0. The Morgan fingerprint density at radius 1 is 1.25 bits per heavy atom. The average Bonchev–Trinajstić information content (AvgIpc) is 0.918. The van der Waals surface area contributed by atoms with Gasteiger partial charge in [0, 0.05) is 24.6 Å². The van der Waals surface area contributed by atoms with Gasteiger partial charge < -0.3 is 0 Å². The van der Waals surface area contributed by atoms with E-state index in [9.17, 15) is 0 Å². The topological polar surface area (TPSA) is 9.23 Å². The second-order valence-electron chi connectivity index (χ2n) is 0.0583. The minimum absolute atomic E-state index is 0. The zero-order valence-electron chi connectivity index (χ0n) is 1.87. The first-order chi connectivity index (χ1) is 1.41. The molecular weight excluding hydrogens is 119 g/mol. The molecule has 4 heavy (non-hydrogen) atoms. The molecule has 0 radical (unpaired) electrons. The van der Waals surface area contributed by atoms with Crippen LogP contribution in [0.25, 0.3) is 0 Å². The normalized spacial score (nSPS) is 4.50. The summed E-state index contributed by atoms with van der Waals surface area (Å²) in [6.07, 6.45) is 0. The molecule has 0 amide bonds. The van der Waals surface area contributed by atoms with Gasteiger partial charge in [-0.1, -0.05) is 0 Å². The third-order valence-corrected chi connectivity index (χ3v) is 0. The summed E-state index contributed by atoms with van der Waals surface area (Å²) >= 11 is 0. The van der Waals surface area contributed by atoms with Gasteiger partial charge in [0.25, 0.3) is 0 Å². The molecule has 0 aliphatic rings. The minimum Gasteiger partial charge on any atom is -0.0104 e. The third kappa shape index (κ3) is 25.9. The van der Waals surface area contributed by atoms with E-state index in [1.807, 2.05) is 0 Å². The molecule has 0 aliphatic heterocycles. The zero-order valence-corrected chi connectivity index (χ0v) is 4.84. The Balaban J connectivity index is 0. The molecule has 0 heterocycles.